The van der Waals surface area contributed by atoms with Crippen molar-refractivity contribution in [3.05, 3.63) is 47.0 Å². The Kier molecular flexibility index (Phi) is 11.5. The minimum absolute atomic E-state index is 0.0902. The molecule has 2 aliphatic heterocycles. The fourth-order valence-corrected chi connectivity index (χ4v) is 5.37. The lowest BCUT2D eigenvalue weighted by atomic mass is 9.91. The lowest BCUT2D eigenvalue weighted by molar-refractivity contribution is -0.0114. The van der Waals surface area contributed by atoms with E-state index in [0.717, 1.165) is 11.1 Å². The van der Waals surface area contributed by atoms with E-state index in [1.165, 1.54) is 19.1 Å². The summed E-state index contributed by atoms with van der Waals surface area (Å²) >= 11 is 0. The Bertz CT molecular complexity index is 1370. The Balaban J connectivity index is 1.46. The zero-order valence-corrected chi connectivity index (χ0v) is 27.4. The Morgan fingerprint density at radius 3 is 2.41 bits per heavy atom. The smallest absolute Gasteiger partial charge is 0.410 e. The van der Waals surface area contributed by atoms with Gasteiger partial charge >= 0.3 is 12.2 Å². The zero-order valence-electron chi connectivity index (χ0n) is 27.4. The minimum Gasteiger partial charge on any atom is -0.477 e. The molecule has 0 aliphatic carbocycles. The third-order valence-corrected chi connectivity index (χ3v) is 7.64. The van der Waals surface area contributed by atoms with Crippen LogP contribution < -0.4 is 19.7 Å². The first-order chi connectivity index (χ1) is 21.9. The van der Waals surface area contributed by atoms with Crippen molar-refractivity contribution >= 4 is 23.9 Å². The number of piperazine rings is 1. The van der Waals surface area contributed by atoms with Crippen molar-refractivity contribution in [2.45, 2.75) is 58.4 Å². The fraction of sp³-hybridized carbons (Fsp3) is 0.562. The molecule has 1 aromatic heterocycles. The van der Waals surface area contributed by atoms with Crippen LogP contribution in [-0.4, -0.2) is 116 Å². The largest absolute Gasteiger partial charge is 0.477 e. The SMILES string of the molecule is CCOc1nc(N2CCN(C(=O)OC)CC2)ccc1C(=O)NC[C@@H](O)[C@@H]1Cc2ccc(OCOC)cc2CN1C(=O)OC(C)(C)C. The number of hydrogen-bond donors (Lipinski definition) is 2. The summed E-state index contributed by atoms with van der Waals surface area (Å²) in [6, 6.07) is 8.27. The maximum atomic E-state index is 13.3. The number of nitrogens with zero attached hydrogens (tertiary/aromatic N) is 4. The number of amides is 3. The summed E-state index contributed by atoms with van der Waals surface area (Å²) in [6.45, 7) is 9.64. The molecule has 0 unspecified atom stereocenters. The van der Waals surface area contributed by atoms with Gasteiger partial charge in [-0.05, 0) is 69.5 Å². The van der Waals surface area contributed by atoms with Gasteiger partial charge in [-0.1, -0.05) is 6.07 Å². The molecule has 2 aliphatic rings. The van der Waals surface area contributed by atoms with Crippen molar-refractivity contribution in [2.75, 3.05) is 65.2 Å². The summed E-state index contributed by atoms with van der Waals surface area (Å²) in [7, 11) is 2.89. The maximum absolute atomic E-state index is 13.3. The van der Waals surface area contributed by atoms with Gasteiger partial charge in [0.25, 0.3) is 5.91 Å². The number of aliphatic hydroxyl groups excluding tert-OH is 1. The highest BCUT2D eigenvalue weighted by atomic mass is 16.7. The Hall–Kier alpha value is -4.30. The highest BCUT2D eigenvalue weighted by Gasteiger charge is 2.37. The van der Waals surface area contributed by atoms with E-state index in [4.69, 9.17) is 23.7 Å². The van der Waals surface area contributed by atoms with E-state index in [-0.39, 0.29) is 37.4 Å². The van der Waals surface area contributed by atoms with Crippen LogP contribution in [0.1, 0.15) is 49.2 Å². The first-order valence-corrected chi connectivity index (χ1v) is 15.3. The van der Waals surface area contributed by atoms with Crippen LogP contribution >= 0.6 is 0 Å². The lowest BCUT2D eigenvalue weighted by Crippen LogP contribution is -2.54. The monoisotopic (exact) mass is 643 g/mol. The second-order valence-electron chi connectivity index (χ2n) is 12.0. The molecule has 14 nitrogen and oxygen atoms in total. The van der Waals surface area contributed by atoms with Crippen LogP contribution in [0.3, 0.4) is 0 Å². The molecule has 252 valence electrons. The number of methoxy groups -OCH3 is 2. The van der Waals surface area contributed by atoms with Gasteiger partial charge in [0.1, 0.15) is 22.7 Å². The molecule has 0 bridgehead atoms. The number of nitrogens with one attached hydrogen (secondary N) is 1. The first kappa shape index (κ1) is 34.6. The van der Waals surface area contributed by atoms with E-state index in [0.29, 0.717) is 50.8 Å². The van der Waals surface area contributed by atoms with E-state index in [1.54, 1.807) is 44.7 Å². The molecule has 0 spiro atoms. The third-order valence-electron chi connectivity index (χ3n) is 7.64. The van der Waals surface area contributed by atoms with Crippen LogP contribution in [0.4, 0.5) is 15.4 Å². The molecule has 3 heterocycles. The van der Waals surface area contributed by atoms with Gasteiger partial charge in [0.2, 0.25) is 5.88 Å². The van der Waals surface area contributed by atoms with Crippen molar-refractivity contribution in [3.63, 3.8) is 0 Å². The zero-order chi connectivity index (χ0) is 33.4. The number of carbonyl (C=O) groups excluding carboxylic acids is 3. The van der Waals surface area contributed by atoms with Crippen molar-refractivity contribution in [1.82, 2.24) is 20.1 Å². The Labute approximate surface area is 269 Å². The average molecular weight is 644 g/mol. The van der Waals surface area contributed by atoms with Crippen LogP contribution in [0.2, 0.25) is 0 Å². The van der Waals surface area contributed by atoms with Crippen molar-refractivity contribution in [1.29, 1.82) is 0 Å². The van der Waals surface area contributed by atoms with Crippen molar-refractivity contribution in [3.8, 4) is 11.6 Å². The van der Waals surface area contributed by atoms with E-state index in [2.05, 4.69) is 10.3 Å². The highest BCUT2D eigenvalue weighted by Crippen LogP contribution is 2.30. The molecule has 2 atom stereocenters. The van der Waals surface area contributed by atoms with Gasteiger partial charge in [-0.3, -0.25) is 9.69 Å². The number of hydrogen-bond acceptors (Lipinski definition) is 11. The number of carbonyl (C=O) groups is 3. The van der Waals surface area contributed by atoms with E-state index >= 15 is 0 Å². The van der Waals surface area contributed by atoms with Crippen molar-refractivity contribution < 1.29 is 43.2 Å². The number of rotatable bonds is 10. The van der Waals surface area contributed by atoms with Crippen LogP contribution in [-0.2, 0) is 27.2 Å². The molecule has 1 fully saturated rings. The number of benzene rings is 1. The van der Waals surface area contributed by atoms with Gasteiger partial charge in [0, 0.05) is 46.4 Å². The molecule has 1 aromatic carbocycles. The van der Waals surface area contributed by atoms with Gasteiger partial charge in [-0.15, -0.1) is 0 Å². The first-order valence-electron chi connectivity index (χ1n) is 15.3. The van der Waals surface area contributed by atoms with Crippen molar-refractivity contribution in [2.24, 2.45) is 0 Å². The van der Waals surface area contributed by atoms with Crippen LogP contribution in [0.15, 0.2) is 30.3 Å². The summed E-state index contributed by atoms with van der Waals surface area (Å²) in [4.78, 5) is 48.2. The molecule has 2 aromatic rings. The maximum Gasteiger partial charge on any atom is 0.410 e. The summed E-state index contributed by atoms with van der Waals surface area (Å²) in [6.07, 6.45) is -1.70. The third kappa shape index (κ3) is 8.69. The lowest BCUT2D eigenvalue weighted by Gasteiger charge is -2.40. The van der Waals surface area contributed by atoms with Gasteiger partial charge in [-0.25, -0.2) is 9.59 Å². The van der Waals surface area contributed by atoms with Crippen LogP contribution in [0, 0.1) is 0 Å². The molecule has 14 heteroatoms. The normalized spacial score (nSPS) is 17.1. The van der Waals surface area contributed by atoms with Gasteiger partial charge < -0.3 is 43.9 Å². The van der Waals surface area contributed by atoms with E-state index in [1.807, 2.05) is 23.1 Å². The molecule has 0 radical (unpaired) electrons. The number of pyridine rings is 1. The number of anilines is 1. The molecule has 1 saturated heterocycles. The molecule has 46 heavy (non-hydrogen) atoms. The summed E-state index contributed by atoms with van der Waals surface area (Å²) < 4.78 is 26.8. The Morgan fingerprint density at radius 1 is 1.02 bits per heavy atom. The predicted molar refractivity (Wildman–Crippen MR) is 168 cm³/mol. The van der Waals surface area contributed by atoms with E-state index < -0.39 is 29.7 Å². The predicted octanol–water partition coefficient (Wildman–Crippen LogP) is 2.80. The number of aliphatic hydroxyl groups is 1. The van der Waals surface area contributed by atoms with Gasteiger partial charge in [0.05, 0.1) is 25.9 Å². The summed E-state index contributed by atoms with van der Waals surface area (Å²) in [5.41, 5.74) is 1.29. The molecule has 4 rings (SSSR count). The average Bonchev–Trinajstić information content (AvgIpc) is 3.04. The quantitative estimate of drug-likeness (QED) is 0.368. The van der Waals surface area contributed by atoms with Gasteiger partial charge in [0.15, 0.2) is 6.79 Å². The van der Waals surface area contributed by atoms with Gasteiger partial charge in [-0.2, -0.15) is 4.98 Å². The summed E-state index contributed by atoms with van der Waals surface area (Å²) in [5.74, 6) is 0.909. The number of aromatic nitrogens is 1. The second kappa shape index (κ2) is 15.3. The second-order valence-corrected chi connectivity index (χ2v) is 12.0. The number of fused-ring (bicyclic) bond motifs is 1. The standard InChI is InChI=1S/C32H45N5O9/c1-7-44-29-24(10-11-27(34-29)35-12-14-36(15-13-35)30(40)43-6)28(39)33-18-26(38)25-17-21-8-9-23(45-20-42-5)16-22(21)19-37(25)31(41)46-32(2,3)4/h8-11,16,25-26,38H,7,12-15,17-20H2,1-6H3,(H,33,39)/t25-,26+/m0/s1. The molecule has 2 N–H and O–H groups in total. The fourth-order valence-electron chi connectivity index (χ4n) is 5.37. The van der Waals surface area contributed by atoms with Crippen LogP contribution in [0.5, 0.6) is 11.6 Å². The molecule has 0 saturated carbocycles. The summed E-state index contributed by atoms with van der Waals surface area (Å²) in [5, 5.41) is 14.1. The number of ether oxygens (including phenoxy) is 5. The molecular formula is C32H45N5O9. The highest BCUT2D eigenvalue weighted by molar-refractivity contribution is 5.96. The molecular weight excluding hydrogens is 598 g/mol. The topological polar surface area (TPSA) is 152 Å². The van der Waals surface area contributed by atoms with E-state index in [9.17, 15) is 19.5 Å². The molecule has 3 amide bonds. The Morgan fingerprint density at radius 2 is 1.76 bits per heavy atom. The minimum atomic E-state index is -1.11. The van der Waals surface area contributed by atoms with Crippen LogP contribution in [0.25, 0.3) is 0 Å².